The Morgan fingerprint density at radius 1 is 1.00 bits per heavy atom. The topological polar surface area (TPSA) is 49.3 Å². The van der Waals surface area contributed by atoms with E-state index in [1.165, 1.54) is 11.8 Å². The maximum Gasteiger partial charge on any atom is 0.390 e. The van der Waals surface area contributed by atoms with Gasteiger partial charge in [-0.2, -0.15) is 13.2 Å². The van der Waals surface area contributed by atoms with E-state index in [1.807, 2.05) is 31.2 Å². The van der Waals surface area contributed by atoms with Gasteiger partial charge in [-0.15, -0.1) is 0 Å². The monoisotopic (exact) mass is 457 g/mol. The second kappa shape index (κ2) is 9.96. The Morgan fingerprint density at radius 2 is 1.66 bits per heavy atom. The average Bonchev–Trinajstić information content (AvgIpc) is 2.74. The second-order valence-corrected chi connectivity index (χ2v) is 8.31. The first-order valence-corrected chi connectivity index (χ1v) is 10.7. The first-order valence-electron chi connectivity index (χ1n) is 9.85. The molecule has 3 aromatic carbocycles. The number of phenols is 1. The number of alkyl halides is 3. The third-order valence-corrected chi connectivity index (χ3v) is 6.03. The fraction of sp³-hybridized carbons (Fsp3) is 0.160. The number of aromatic hydroxyl groups is 1. The molecule has 32 heavy (non-hydrogen) atoms. The number of carbonyl (C=O) groups excluding carboxylic acids is 1. The Labute approximate surface area is 189 Å². The predicted molar refractivity (Wildman–Crippen MR) is 121 cm³/mol. The lowest BCUT2D eigenvalue weighted by Crippen LogP contribution is -2.27. The third-order valence-electron chi connectivity index (χ3n) is 4.78. The molecule has 0 spiro atoms. The maximum absolute atomic E-state index is 12.3. The summed E-state index contributed by atoms with van der Waals surface area (Å²) in [5.74, 6) is -0.350. The fourth-order valence-electron chi connectivity index (χ4n) is 3.07. The van der Waals surface area contributed by atoms with Crippen molar-refractivity contribution in [1.29, 1.82) is 0 Å². The standard InChI is InChI=1S/C25H22F3NO2S/c1-16-15-19(24(31)29-14-13-25(26,27)28)9-12-22(16)32-23-6-4-3-5-21(23)17(2)18-7-10-20(30)11-8-18/h3-12,15,30H,2,13-14H2,1H3,(H,29,31). The lowest BCUT2D eigenvalue weighted by Gasteiger charge is -2.14. The van der Waals surface area contributed by atoms with Crippen LogP contribution in [0.2, 0.25) is 0 Å². The second-order valence-electron chi connectivity index (χ2n) is 7.23. The molecule has 0 fully saturated rings. The molecule has 0 radical (unpaired) electrons. The van der Waals surface area contributed by atoms with Crippen LogP contribution < -0.4 is 5.32 Å². The lowest BCUT2D eigenvalue weighted by molar-refractivity contribution is -0.132. The highest BCUT2D eigenvalue weighted by Crippen LogP contribution is 2.37. The molecule has 3 aromatic rings. The zero-order valence-corrected chi connectivity index (χ0v) is 18.2. The van der Waals surface area contributed by atoms with E-state index in [0.717, 1.165) is 32.1 Å². The summed E-state index contributed by atoms with van der Waals surface area (Å²) in [6, 6.07) is 19.7. The van der Waals surface area contributed by atoms with Crippen molar-refractivity contribution in [2.75, 3.05) is 6.54 Å². The van der Waals surface area contributed by atoms with Crippen molar-refractivity contribution in [2.24, 2.45) is 0 Å². The van der Waals surface area contributed by atoms with Gasteiger partial charge in [0.25, 0.3) is 5.91 Å². The van der Waals surface area contributed by atoms with Crippen LogP contribution in [0.1, 0.15) is 33.5 Å². The van der Waals surface area contributed by atoms with Crippen molar-refractivity contribution in [2.45, 2.75) is 29.3 Å². The molecular weight excluding hydrogens is 435 g/mol. The number of nitrogens with one attached hydrogen (secondary N) is 1. The molecule has 2 N–H and O–H groups in total. The summed E-state index contributed by atoms with van der Waals surface area (Å²) < 4.78 is 36.8. The summed E-state index contributed by atoms with van der Waals surface area (Å²) >= 11 is 1.52. The van der Waals surface area contributed by atoms with Crippen LogP contribution in [0.3, 0.4) is 0 Å². The zero-order valence-electron chi connectivity index (χ0n) is 17.4. The molecule has 0 aliphatic rings. The highest BCUT2D eigenvalue weighted by Gasteiger charge is 2.26. The van der Waals surface area contributed by atoms with E-state index in [1.54, 1.807) is 42.5 Å². The molecule has 166 valence electrons. The summed E-state index contributed by atoms with van der Waals surface area (Å²) in [7, 11) is 0. The van der Waals surface area contributed by atoms with Crippen LogP contribution in [-0.4, -0.2) is 23.7 Å². The summed E-state index contributed by atoms with van der Waals surface area (Å²) in [5, 5.41) is 11.8. The van der Waals surface area contributed by atoms with E-state index >= 15 is 0 Å². The molecule has 0 bridgehead atoms. The predicted octanol–water partition coefficient (Wildman–Crippen LogP) is 6.60. The highest BCUT2D eigenvalue weighted by atomic mass is 32.2. The van der Waals surface area contributed by atoms with E-state index in [9.17, 15) is 23.1 Å². The molecule has 0 unspecified atom stereocenters. The number of halogens is 3. The van der Waals surface area contributed by atoms with Crippen LogP contribution in [0.25, 0.3) is 5.57 Å². The minimum Gasteiger partial charge on any atom is -0.508 e. The number of amides is 1. The minimum atomic E-state index is -4.30. The van der Waals surface area contributed by atoms with Crippen molar-refractivity contribution in [1.82, 2.24) is 5.32 Å². The van der Waals surface area contributed by atoms with Crippen LogP contribution in [-0.2, 0) is 0 Å². The Bertz CT molecular complexity index is 1120. The molecule has 0 aliphatic carbocycles. The lowest BCUT2D eigenvalue weighted by atomic mass is 9.99. The van der Waals surface area contributed by atoms with Crippen LogP contribution in [0, 0.1) is 6.92 Å². The van der Waals surface area contributed by atoms with E-state index in [2.05, 4.69) is 11.9 Å². The summed E-state index contributed by atoms with van der Waals surface area (Å²) in [6.45, 7) is 5.60. The van der Waals surface area contributed by atoms with Gasteiger partial charge in [0.15, 0.2) is 0 Å². The van der Waals surface area contributed by atoms with E-state index in [0.29, 0.717) is 5.56 Å². The number of aryl methyl sites for hydroxylation is 1. The normalized spacial score (nSPS) is 11.2. The Kier molecular flexibility index (Phi) is 7.30. The van der Waals surface area contributed by atoms with Gasteiger partial charge in [-0.1, -0.05) is 48.7 Å². The smallest absolute Gasteiger partial charge is 0.390 e. The van der Waals surface area contributed by atoms with Crippen LogP contribution in [0.4, 0.5) is 13.2 Å². The molecular formula is C25H22F3NO2S. The molecule has 0 saturated carbocycles. The van der Waals surface area contributed by atoms with Gasteiger partial charge in [0.1, 0.15) is 5.75 Å². The first-order chi connectivity index (χ1) is 15.1. The average molecular weight is 458 g/mol. The largest absolute Gasteiger partial charge is 0.508 e. The molecule has 0 atom stereocenters. The van der Waals surface area contributed by atoms with Gasteiger partial charge in [0.2, 0.25) is 0 Å². The molecule has 0 heterocycles. The van der Waals surface area contributed by atoms with E-state index in [4.69, 9.17) is 0 Å². The number of benzene rings is 3. The zero-order chi connectivity index (χ0) is 23.3. The molecule has 3 nitrogen and oxygen atoms in total. The van der Waals surface area contributed by atoms with Crippen LogP contribution >= 0.6 is 11.8 Å². The number of hydrogen-bond acceptors (Lipinski definition) is 3. The number of hydrogen-bond donors (Lipinski definition) is 2. The van der Waals surface area contributed by atoms with Crippen molar-refractivity contribution in [3.63, 3.8) is 0 Å². The van der Waals surface area contributed by atoms with Gasteiger partial charge in [0, 0.05) is 21.9 Å². The minimum absolute atomic E-state index is 0.183. The molecule has 0 aromatic heterocycles. The quantitative estimate of drug-likeness (QED) is 0.421. The Balaban J connectivity index is 1.76. The van der Waals surface area contributed by atoms with Crippen molar-refractivity contribution < 1.29 is 23.1 Å². The third kappa shape index (κ3) is 6.17. The molecule has 0 aliphatic heterocycles. The number of phenolic OH excluding ortho intramolecular Hbond substituents is 1. The maximum atomic E-state index is 12.3. The highest BCUT2D eigenvalue weighted by molar-refractivity contribution is 7.99. The van der Waals surface area contributed by atoms with Gasteiger partial charge in [-0.25, -0.2) is 0 Å². The molecule has 3 rings (SSSR count). The van der Waals surface area contributed by atoms with Gasteiger partial charge in [0.05, 0.1) is 6.42 Å². The van der Waals surface area contributed by atoms with Gasteiger partial charge in [-0.05, 0) is 65.6 Å². The van der Waals surface area contributed by atoms with E-state index in [-0.39, 0.29) is 5.75 Å². The Hall–Kier alpha value is -3.19. The van der Waals surface area contributed by atoms with Crippen molar-refractivity contribution in [3.05, 3.63) is 95.6 Å². The summed E-state index contributed by atoms with van der Waals surface area (Å²) in [5.41, 5.74) is 3.79. The van der Waals surface area contributed by atoms with Gasteiger partial charge in [-0.3, -0.25) is 4.79 Å². The summed E-state index contributed by atoms with van der Waals surface area (Å²) in [4.78, 5) is 14.0. The molecule has 7 heteroatoms. The molecule has 1 amide bonds. The SMILES string of the molecule is C=C(c1ccc(O)cc1)c1ccccc1Sc1ccc(C(=O)NCCC(F)(F)F)cc1C. The molecule has 0 saturated heterocycles. The number of rotatable bonds is 7. The van der Waals surface area contributed by atoms with Gasteiger partial charge < -0.3 is 10.4 Å². The van der Waals surface area contributed by atoms with Crippen LogP contribution in [0.5, 0.6) is 5.75 Å². The van der Waals surface area contributed by atoms with E-state index < -0.39 is 25.0 Å². The first kappa shape index (κ1) is 23.5. The van der Waals surface area contributed by atoms with Crippen LogP contribution in [0.15, 0.2) is 83.1 Å². The number of carbonyl (C=O) groups is 1. The fourth-order valence-corrected chi connectivity index (χ4v) is 4.11. The summed E-state index contributed by atoms with van der Waals surface area (Å²) in [6.07, 6.45) is -5.37. The van der Waals surface area contributed by atoms with Crippen molar-refractivity contribution >= 4 is 23.2 Å². The van der Waals surface area contributed by atoms with Gasteiger partial charge >= 0.3 is 6.18 Å². The Morgan fingerprint density at radius 3 is 2.31 bits per heavy atom. The van der Waals surface area contributed by atoms with Crippen molar-refractivity contribution in [3.8, 4) is 5.75 Å².